The molecule has 0 bridgehead atoms. The van der Waals surface area contributed by atoms with Crippen molar-refractivity contribution in [3.63, 3.8) is 0 Å². The molecule has 0 saturated heterocycles. The third-order valence-electron chi connectivity index (χ3n) is 3.50. The van der Waals surface area contributed by atoms with Crippen LogP contribution in [0.15, 0.2) is 12.4 Å². The summed E-state index contributed by atoms with van der Waals surface area (Å²) in [5.41, 5.74) is 0. The molecule has 3 nitrogen and oxygen atoms in total. The number of imidazole rings is 1. The van der Waals surface area contributed by atoms with E-state index in [1.165, 1.54) is 25.7 Å². The summed E-state index contributed by atoms with van der Waals surface area (Å²) in [6.45, 7) is 4.65. The van der Waals surface area contributed by atoms with Gasteiger partial charge in [-0.15, -0.1) is 0 Å². The van der Waals surface area contributed by atoms with E-state index in [2.05, 4.69) is 29.1 Å². The molecule has 1 heterocycles. The van der Waals surface area contributed by atoms with Gasteiger partial charge in [-0.1, -0.05) is 26.7 Å². The van der Waals surface area contributed by atoms with Gasteiger partial charge in [-0.2, -0.15) is 0 Å². The van der Waals surface area contributed by atoms with Gasteiger partial charge >= 0.3 is 0 Å². The van der Waals surface area contributed by atoms with Crippen molar-refractivity contribution in [2.75, 3.05) is 5.32 Å². The molecule has 1 saturated carbocycles. The Balaban J connectivity index is 1.99. The van der Waals surface area contributed by atoms with Crippen LogP contribution >= 0.6 is 0 Å². The van der Waals surface area contributed by atoms with E-state index in [4.69, 9.17) is 0 Å². The van der Waals surface area contributed by atoms with Crippen LogP contribution in [0.2, 0.25) is 0 Å². The summed E-state index contributed by atoms with van der Waals surface area (Å²) in [7, 11) is 0. The van der Waals surface area contributed by atoms with Gasteiger partial charge in [0.25, 0.3) is 0 Å². The first kappa shape index (κ1) is 10.5. The van der Waals surface area contributed by atoms with Crippen molar-refractivity contribution < 1.29 is 0 Å². The molecule has 1 aromatic rings. The second-order valence-electron chi connectivity index (χ2n) is 4.88. The van der Waals surface area contributed by atoms with Gasteiger partial charge in [0.1, 0.15) is 0 Å². The predicted octanol–water partition coefficient (Wildman–Crippen LogP) is 3.04. The zero-order chi connectivity index (χ0) is 10.7. The molecule has 1 fully saturated rings. The van der Waals surface area contributed by atoms with Gasteiger partial charge in [0.15, 0.2) is 5.95 Å². The van der Waals surface area contributed by atoms with Crippen LogP contribution in [0.1, 0.15) is 39.5 Å². The summed E-state index contributed by atoms with van der Waals surface area (Å²) in [6.07, 6.45) is 9.05. The maximum atomic E-state index is 4.24. The van der Waals surface area contributed by atoms with E-state index in [1.54, 1.807) is 6.20 Å². The van der Waals surface area contributed by atoms with Crippen LogP contribution < -0.4 is 5.32 Å². The van der Waals surface area contributed by atoms with E-state index >= 15 is 0 Å². The number of aromatic amines is 1. The van der Waals surface area contributed by atoms with Gasteiger partial charge in [-0.3, -0.25) is 0 Å². The number of nitrogens with one attached hydrogen (secondary N) is 2. The van der Waals surface area contributed by atoms with Crippen molar-refractivity contribution in [3.05, 3.63) is 12.4 Å². The molecule has 1 aromatic heterocycles. The van der Waals surface area contributed by atoms with Crippen molar-refractivity contribution in [2.24, 2.45) is 11.8 Å². The summed E-state index contributed by atoms with van der Waals surface area (Å²) in [5, 5.41) is 3.53. The number of rotatable bonds is 3. The molecule has 0 aromatic carbocycles. The molecule has 84 valence electrons. The fourth-order valence-corrected chi connectivity index (χ4v) is 2.66. The van der Waals surface area contributed by atoms with E-state index in [0.29, 0.717) is 6.04 Å². The summed E-state index contributed by atoms with van der Waals surface area (Å²) >= 11 is 0. The van der Waals surface area contributed by atoms with Crippen LogP contribution in [-0.4, -0.2) is 16.0 Å². The fraction of sp³-hybridized carbons (Fsp3) is 0.750. The zero-order valence-electron chi connectivity index (χ0n) is 9.66. The SMILES string of the molecule is CC(C)C1CCCCC1Nc1ncc[nH]1. The minimum atomic E-state index is 0.602. The molecule has 3 heteroatoms. The van der Waals surface area contributed by atoms with E-state index in [-0.39, 0.29) is 0 Å². The maximum Gasteiger partial charge on any atom is 0.200 e. The number of hydrogen-bond acceptors (Lipinski definition) is 2. The molecule has 0 radical (unpaired) electrons. The van der Waals surface area contributed by atoms with Crippen LogP contribution in [0.3, 0.4) is 0 Å². The van der Waals surface area contributed by atoms with Crippen molar-refractivity contribution in [1.82, 2.24) is 9.97 Å². The van der Waals surface area contributed by atoms with Crippen molar-refractivity contribution in [3.8, 4) is 0 Å². The van der Waals surface area contributed by atoms with Gasteiger partial charge in [0.2, 0.25) is 0 Å². The number of nitrogens with zero attached hydrogens (tertiary/aromatic N) is 1. The molecular weight excluding hydrogens is 186 g/mol. The lowest BCUT2D eigenvalue weighted by Gasteiger charge is -2.34. The first-order chi connectivity index (χ1) is 7.27. The van der Waals surface area contributed by atoms with Crippen LogP contribution in [0, 0.1) is 11.8 Å². The number of hydrogen-bond donors (Lipinski definition) is 2. The molecule has 0 amide bonds. The van der Waals surface area contributed by atoms with Crippen LogP contribution in [0.5, 0.6) is 0 Å². The highest BCUT2D eigenvalue weighted by Gasteiger charge is 2.27. The zero-order valence-corrected chi connectivity index (χ0v) is 9.66. The molecule has 2 N–H and O–H groups in total. The molecule has 1 aliphatic rings. The molecule has 2 atom stereocenters. The summed E-state index contributed by atoms with van der Waals surface area (Å²) < 4.78 is 0. The molecule has 0 aliphatic heterocycles. The van der Waals surface area contributed by atoms with Gasteiger partial charge in [-0.25, -0.2) is 4.98 Å². The van der Waals surface area contributed by atoms with E-state index < -0.39 is 0 Å². The normalized spacial score (nSPS) is 26.9. The Morgan fingerprint density at radius 1 is 1.40 bits per heavy atom. The molecule has 2 unspecified atom stereocenters. The third-order valence-corrected chi connectivity index (χ3v) is 3.50. The minimum Gasteiger partial charge on any atom is -0.353 e. The van der Waals surface area contributed by atoms with Gasteiger partial charge in [-0.05, 0) is 24.7 Å². The van der Waals surface area contributed by atoms with E-state index in [1.807, 2.05) is 6.20 Å². The standard InChI is InChI=1S/C12H21N3/c1-9(2)10-5-3-4-6-11(10)15-12-13-7-8-14-12/h7-11H,3-6H2,1-2H3,(H2,13,14,15). The number of anilines is 1. The second kappa shape index (κ2) is 4.69. The predicted molar refractivity (Wildman–Crippen MR) is 62.8 cm³/mol. The summed E-state index contributed by atoms with van der Waals surface area (Å²) in [5.74, 6) is 2.48. The lowest BCUT2D eigenvalue weighted by Crippen LogP contribution is -2.35. The molecule has 0 spiro atoms. The average Bonchev–Trinajstić information content (AvgIpc) is 2.71. The van der Waals surface area contributed by atoms with E-state index in [0.717, 1.165) is 17.8 Å². The largest absolute Gasteiger partial charge is 0.353 e. The number of aromatic nitrogens is 2. The second-order valence-corrected chi connectivity index (χ2v) is 4.88. The molecular formula is C12H21N3. The quantitative estimate of drug-likeness (QED) is 0.799. The Kier molecular flexibility index (Phi) is 3.29. The average molecular weight is 207 g/mol. The van der Waals surface area contributed by atoms with Crippen LogP contribution in [0.4, 0.5) is 5.95 Å². The smallest absolute Gasteiger partial charge is 0.200 e. The summed E-state index contributed by atoms with van der Waals surface area (Å²) in [6, 6.07) is 0.602. The highest BCUT2D eigenvalue weighted by molar-refractivity contribution is 5.25. The Bertz CT molecular complexity index is 279. The number of H-pyrrole nitrogens is 1. The Hall–Kier alpha value is -0.990. The molecule has 1 aliphatic carbocycles. The Labute approximate surface area is 91.7 Å². The molecule has 15 heavy (non-hydrogen) atoms. The minimum absolute atomic E-state index is 0.602. The van der Waals surface area contributed by atoms with Crippen molar-refractivity contribution >= 4 is 5.95 Å². The topological polar surface area (TPSA) is 40.7 Å². The van der Waals surface area contributed by atoms with Crippen molar-refractivity contribution in [2.45, 2.75) is 45.6 Å². The summed E-state index contributed by atoms with van der Waals surface area (Å²) in [4.78, 5) is 7.36. The lowest BCUT2D eigenvalue weighted by atomic mass is 9.78. The Morgan fingerprint density at radius 2 is 2.20 bits per heavy atom. The van der Waals surface area contributed by atoms with Gasteiger partial charge in [0, 0.05) is 18.4 Å². The highest BCUT2D eigenvalue weighted by atomic mass is 15.1. The van der Waals surface area contributed by atoms with Crippen molar-refractivity contribution in [1.29, 1.82) is 0 Å². The molecule has 2 rings (SSSR count). The monoisotopic (exact) mass is 207 g/mol. The fourth-order valence-electron chi connectivity index (χ4n) is 2.66. The van der Waals surface area contributed by atoms with Crippen LogP contribution in [0.25, 0.3) is 0 Å². The third kappa shape index (κ3) is 2.52. The van der Waals surface area contributed by atoms with Gasteiger partial charge in [0.05, 0.1) is 0 Å². The lowest BCUT2D eigenvalue weighted by molar-refractivity contribution is 0.253. The van der Waals surface area contributed by atoms with Gasteiger partial charge < -0.3 is 10.3 Å². The van der Waals surface area contributed by atoms with Crippen LogP contribution in [-0.2, 0) is 0 Å². The van der Waals surface area contributed by atoms with E-state index in [9.17, 15) is 0 Å². The highest BCUT2D eigenvalue weighted by Crippen LogP contribution is 2.31. The first-order valence-electron chi connectivity index (χ1n) is 6.03. The maximum absolute atomic E-state index is 4.24. The Morgan fingerprint density at radius 3 is 2.87 bits per heavy atom. The first-order valence-corrected chi connectivity index (χ1v) is 6.03.